The van der Waals surface area contributed by atoms with E-state index in [-0.39, 0.29) is 11.9 Å². The minimum Gasteiger partial charge on any atom is -0.467 e. The topological polar surface area (TPSA) is 51.5 Å². The summed E-state index contributed by atoms with van der Waals surface area (Å²) < 4.78 is 11.8. The summed E-state index contributed by atoms with van der Waals surface area (Å²) in [7, 11) is -1.82. The van der Waals surface area contributed by atoms with Gasteiger partial charge in [0.2, 0.25) is 0 Å². The summed E-state index contributed by atoms with van der Waals surface area (Å²) in [6.07, 6.45) is 1.63. The van der Waals surface area contributed by atoms with E-state index in [1.807, 2.05) is 19.1 Å². The summed E-state index contributed by atoms with van der Waals surface area (Å²) in [5, 5.41) is 2.90. The number of carbonyl (C=O) groups excluding carboxylic acids is 1. The van der Waals surface area contributed by atoms with Gasteiger partial charge in [-0.3, -0.25) is 4.79 Å². The normalized spacial score (nSPS) is 26.9. The van der Waals surface area contributed by atoms with Crippen LogP contribution in [-0.4, -0.2) is 19.8 Å². The van der Waals surface area contributed by atoms with Gasteiger partial charge in [0.05, 0.1) is 6.26 Å². The van der Waals surface area contributed by atoms with Crippen LogP contribution in [0.4, 0.5) is 0 Å². The number of hydrogen-bond acceptors (Lipinski definition) is 3. The Hall–Kier alpha value is -1.07. The van der Waals surface area contributed by atoms with Crippen molar-refractivity contribution in [3.63, 3.8) is 0 Å². The molecule has 1 aromatic rings. The molecule has 0 saturated carbocycles. The molecule has 1 aliphatic rings. The lowest BCUT2D eigenvalue weighted by atomic mass is 9.85. The van der Waals surface area contributed by atoms with Gasteiger partial charge in [0, 0.05) is 0 Å². The fourth-order valence-electron chi connectivity index (χ4n) is 2.79. The van der Waals surface area contributed by atoms with E-state index in [1.165, 1.54) is 0 Å². The first-order chi connectivity index (χ1) is 9.01. The van der Waals surface area contributed by atoms with Crippen molar-refractivity contribution in [2.75, 3.05) is 0 Å². The van der Waals surface area contributed by atoms with Gasteiger partial charge < -0.3 is 14.2 Å². The highest BCUT2D eigenvalue weighted by Crippen LogP contribution is 2.41. The molecule has 5 heteroatoms. The highest BCUT2D eigenvalue weighted by molar-refractivity contribution is 6.73. The Labute approximate surface area is 115 Å². The SMILES string of the molecule is CC[Si](CC)(CC)O[C@]1(C)C(=O)N[C@@H]1c1ccco1. The van der Waals surface area contributed by atoms with E-state index in [4.69, 9.17) is 8.84 Å². The van der Waals surface area contributed by atoms with Crippen LogP contribution in [0.5, 0.6) is 0 Å². The van der Waals surface area contributed by atoms with E-state index >= 15 is 0 Å². The molecule has 1 fully saturated rings. The maximum Gasteiger partial charge on any atom is 0.254 e. The molecular weight excluding hydrogens is 258 g/mol. The van der Waals surface area contributed by atoms with E-state index in [9.17, 15) is 4.79 Å². The van der Waals surface area contributed by atoms with Crippen LogP contribution >= 0.6 is 0 Å². The summed E-state index contributed by atoms with van der Waals surface area (Å²) in [4.78, 5) is 12.0. The first-order valence-corrected chi connectivity index (χ1v) is 9.59. The van der Waals surface area contributed by atoms with Crippen molar-refractivity contribution in [1.29, 1.82) is 0 Å². The largest absolute Gasteiger partial charge is 0.467 e. The minimum atomic E-state index is -1.82. The lowest BCUT2D eigenvalue weighted by Crippen LogP contribution is -2.69. The standard InChI is InChI=1S/C14H23NO3Si/c1-5-19(6-2,7-3)18-14(4)12(15-13(14)16)11-9-8-10-17-11/h8-10,12H,5-7H2,1-4H3,(H,15,16)/t12-,14+/m1/s1. The molecule has 0 unspecified atom stereocenters. The molecule has 2 atom stereocenters. The molecule has 0 aromatic carbocycles. The molecule has 1 amide bonds. The average molecular weight is 281 g/mol. The fourth-order valence-corrected chi connectivity index (χ4v) is 5.83. The molecule has 2 rings (SSSR count). The Morgan fingerprint density at radius 2 is 2.00 bits per heavy atom. The second kappa shape index (κ2) is 5.13. The predicted molar refractivity (Wildman–Crippen MR) is 76.3 cm³/mol. The second-order valence-corrected chi connectivity index (χ2v) is 10.1. The first-order valence-electron chi connectivity index (χ1n) is 7.06. The summed E-state index contributed by atoms with van der Waals surface area (Å²) >= 11 is 0. The van der Waals surface area contributed by atoms with Gasteiger partial charge in [-0.05, 0) is 37.2 Å². The molecule has 0 spiro atoms. The lowest BCUT2D eigenvalue weighted by molar-refractivity contribution is -0.156. The van der Waals surface area contributed by atoms with E-state index in [1.54, 1.807) is 6.26 Å². The smallest absolute Gasteiger partial charge is 0.254 e. The molecule has 1 N–H and O–H groups in total. The van der Waals surface area contributed by atoms with Crippen molar-refractivity contribution in [1.82, 2.24) is 5.32 Å². The van der Waals surface area contributed by atoms with Crippen LogP contribution in [0.1, 0.15) is 39.5 Å². The summed E-state index contributed by atoms with van der Waals surface area (Å²) in [5.41, 5.74) is -0.772. The summed E-state index contributed by atoms with van der Waals surface area (Å²) in [6, 6.07) is 6.67. The molecule has 0 bridgehead atoms. The van der Waals surface area contributed by atoms with Crippen molar-refractivity contribution >= 4 is 14.2 Å². The van der Waals surface area contributed by atoms with Crippen LogP contribution < -0.4 is 5.32 Å². The maximum absolute atomic E-state index is 12.0. The zero-order chi connectivity index (χ0) is 14.1. The van der Waals surface area contributed by atoms with Gasteiger partial charge in [-0.2, -0.15) is 0 Å². The third-order valence-electron chi connectivity index (χ3n) is 4.47. The number of β-lactam (4-membered cyclic amide) rings is 1. The van der Waals surface area contributed by atoms with Crippen LogP contribution in [0.3, 0.4) is 0 Å². The van der Waals surface area contributed by atoms with Gasteiger partial charge >= 0.3 is 0 Å². The number of hydrogen-bond donors (Lipinski definition) is 1. The van der Waals surface area contributed by atoms with Gasteiger partial charge in [0.1, 0.15) is 11.8 Å². The van der Waals surface area contributed by atoms with Crippen LogP contribution in [0, 0.1) is 0 Å². The quantitative estimate of drug-likeness (QED) is 0.643. The molecule has 0 radical (unpaired) electrons. The Morgan fingerprint density at radius 1 is 1.37 bits per heavy atom. The Morgan fingerprint density at radius 3 is 2.42 bits per heavy atom. The Bertz CT molecular complexity index is 433. The second-order valence-electron chi connectivity index (χ2n) is 5.37. The average Bonchev–Trinajstić information content (AvgIpc) is 2.95. The van der Waals surface area contributed by atoms with E-state index in [0.717, 1.165) is 23.9 Å². The minimum absolute atomic E-state index is 0.0267. The molecule has 2 heterocycles. The molecule has 106 valence electrons. The summed E-state index contributed by atoms with van der Waals surface area (Å²) in [6.45, 7) is 8.39. The first kappa shape index (κ1) is 14.3. The number of rotatable bonds is 6. The number of amides is 1. The third kappa shape index (κ3) is 2.25. The molecular formula is C14H23NO3Si. The van der Waals surface area contributed by atoms with Gasteiger partial charge in [-0.25, -0.2) is 0 Å². The maximum atomic E-state index is 12.0. The zero-order valence-corrected chi connectivity index (χ0v) is 13.2. The number of nitrogens with one attached hydrogen (secondary N) is 1. The number of carbonyl (C=O) groups is 1. The predicted octanol–water partition coefficient (Wildman–Crippen LogP) is 3.23. The molecule has 1 aromatic heterocycles. The van der Waals surface area contributed by atoms with Crippen molar-refractivity contribution in [2.24, 2.45) is 0 Å². The fraction of sp³-hybridized carbons (Fsp3) is 0.643. The van der Waals surface area contributed by atoms with Crippen molar-refractivity contribution in [3.8, 4) is 0 Å². The van der Waals surface area contributed by atoms with Gasteiger partial charge in [-0.1, -0.05) is 20.8 Å². The van der Waals surface area contributed by atoms with E-state index in [2.05, 4.69) is 26.1 Å². The highest BCUT2D eigenvalue weighted by Gasteiger charge is 2.57. The van der Waals surface area contributed by atoms with Crippen molar-refractivity contribution in [3.05, 3.63) is 24.2 Å². The van der Waals surface area contributed by atoms with Crippen molar-refractivity contribution < 1.29 is 13.6 Å². The monoisotopic (exact) mass is 281 g/mol. The van der Waals surface area contributed by atoms with Crippen LogP contribution in [0.15, 0.2) is 22.8 Å². The highest BCUT2D eigenvalue weighted by atomic mass is 28.4. The van der Waals surface area contributed by atoms with Gasteiger partial charge in [0.15, 0.2) is 13.9 Å². The van der Waals surface area contributed by atoms with E-state index in [0.29, 0.717) is 0 Å². The third-order valence-corrected chi connectivity index (χ3v) is 9.19. The van der Waals surface area contributed by atoms with Crippen LogP contribution in [0.2, 0.25) is 18.1 Å². The Balaban J connectivity index is 2.23. The summed E-state index contributed by atoms with van der Waals surface area (Å²) in [5.74, 6) is 0.745. The Kier molecular flexibility index (Phi) is 3.87. The zero-order valence-electron chi connectivity index (χ0n) is 12.2. The van der Waals surface area contributed by atoms with E-state index < -0.39 is 13.9 Å². The lowest BCUT2D eigenvalue weighted by Gasteiger charge is -2.49. The van der Waals surface area contributed by atoms with Crippen LogP contribution in [-0.2, 0) is 9.22 Å². The van der Waals surface area contributed by atoms with Crippen molar-refractivity contribution in [2.45, 2.75) is 57.5 Å². The molecule has 4 nitrogen and oxygen atoms in total. The molecule has 19 heavy (non-hydrogen) atoms. The molecule has 1 aliphatic heterocycles. The van der Waals surface area contributed by atoms with Gasteiger partial charge in [0.25, 0.3) is 5.91 Å². The molecule has 1 saturated heterocycles. The number of furan rings is 1. The van der Waals surface area contributed by atoms with Gasteiger partial charge in [-0.15, -0.1) is 0 Å². The molecule has 0 aliphatic carbocycles. The van der Waals surface area contributed by atoms with Crippen LogP contribution in [0.25, 0.3) is 0 Å².